The summed E-state index contributed by atoms with van der Waals surface area (Å²) in [6, 6.07) is 17.0. The van der Waals surface area contributed by atoms with Gasteiger partial charge in [-0.1, -0.05) is 29.8 Å². The monoisotopic (exact) mass is 421 g/mol. The smallest absolute Gasteiger partial charge is 0.233 e. The Morgan fingerprint density at radius 1 is 1.03 bits per heavy atom. The number of fused-ring (bicyclic) bond motifs is 1. The molecule has 5 nitrogen and oxygen atoms in total. The predicted octanol–water partition coefficient (Wildman–Crippen LogP) is 4.72. The second-order valence-electron chi connectivity index (χ2n) is 7.70. The van der Waals surface area contributed by atoms with Gasteiger partial charge in [0.2, 0.25) is 11.8 Å². The molecule has 1 N–H and O–H groups in total. The van der Waals surface area contributed by atoms with Crippen molar-refractivity contribution in [3.63, 3.8) is 0 Å². The second kappa shape index (κ2) is 8.36. The van der Waals surface area contributed by atoms with Gasteiger partial charge in [-0.05, 0) is 66.9 Å². The zero-order valence-electron chi connectivity index (χ0n) is 17.1. The van der Waals surface area contributed by atoms with Crippen molar-refractivity contribution in [3.05, 3.63) is 88.2 Å². The number of amides is 2. The minimum Gasteiger partial charge on any atom is -0.348 e. The second-order valence-corrected chi connectivity index (χ2v) is 8.13. The molecule has 2 heterocycles. The van der Waals surface area contributed by atoms with Gasteiger partial charge in [0.15, 0.2) is 0 Å². The summed E-state index contributed by atoms with van der Waals surface area (Å²) in [5.74, 6) is -0.511. The Morgan fingerprint density at radius 3 is 2.63 bits per heavy atom. The molecule has 0 bridgehead atoms. The summed E-state index contributed by atoms with van der Waals surface area (Å²) in [7, 11) is 0. The lowest BCUT2D eigenvalue weighted by Crippen LogP contribution is -2.43. The number of carbonyl (C=O) groups excluding carboxylic acids is 2. The molecule has 154 valence electrons. The number of hydrogen-bond acceptors (Lipinski definition) is 2. The number of carbonyl (C=O) groups is 2. The summed E-state index contributed by atoms with van der Waals surface area (Å²) in [6.45, 7) is 5.25. The first kappa shape index (κ1) is 20.2. The molecule has 2 aromatic carbocycles. The highest BCUT2D eigenvalue weighted by Crippen LogP contribution is 2.34. The number of anilines is 1. The number of rotatable bonds is 4. The van der Waals surface area contributed by atoms with Crippen LogP contribution >= 0.6 is 11.6 Å². The van der Waals surface area contributed by atoms with Crippen LogP contribution in [0, 0.1) is 13.8 Å². The normalized spacial score (nSPS) is 15.6. The van der Waals surface area contributed by atoms with Crippen LogP contribution in [0.2, 0.25) is 5.02 Å². The number of aromatic nitrogens is 1. The van der Waals surface area contributed by atoms with Crippen LogP contribution in [0.15, 0.2) is 60.8 Å². The molecular weight excluding hydrogens is 398 g/mol. The maximum Gasteiger partial charge on any atom is 0.233 e. The maximum absolute atomic E-state index is 13.1. The zero-order valence-corrected chi connectivity index (χ0v) is 17.8. The molecule has 4 rings (SSSR count). The Bertz CT molecular complexity index is 1110. The molecule has 1 aromatic heterocycles. The molecule has 0 aliphatic carbocycles. The molecule has 6 heteroatoms. The standard InChI is InChI=1S/C24H24ClN3O2/c1-16-8-9-20(13-17(16)2)26-22(29)15-23(30)28-12-11-27-10-4-7-21(27)24(28)18-5-3-6-19(25)14-18/h3-10,13-14,24H,11-12,15H2,1-2H3,(H,26,29)/t24-/m0/s1. The van der Waals surface area contributed by atoms with Crippen LogP contribution < -0.4 is 5.32 Å². The van der Waals surface area contributed by atoms with Crippen LogP contribution in [0.25, 0.3) is 0 Å². The third-order valence-electron chi connectivity index (χ3n) is 5.63. The van der Waals surface area contributed by atoms with E-state index in [4.69, 9.17) is 11.6 Å². The summed E-state index contributed by atoms with van der Waals surface area (Å²) in [5.41, 5.74) is 4.91. The summed E-state index contributed by atoms with van der Waals surface area (Å²) >= 11 is 6.22. The summed E-state index contributed by atoms with van der Waals surface area (Å²) in [4.78, 5) is 27.5. The molecular formula is C24H24ClN3O2. The topological polar surface area (TPSA) is 54.3 Å². The van der Waals surface area contributed by atoms with Crippen molar-refractivity contribution in [2.75, 3.05) is 11.9 Å². The highest BCUT2D eigenvalue weighted by atomic mass is 35.5. The molecule has 0 fully saturated rings. The lowest BCUT2D eigenvalue weighted by atomic mass is 9.99. The van der Waals surface area contributed by atoms with Crippen LogP contribution in [-0.2, 0) is 16.1 Å². The first-order valence-electron chi connectivity index (χ1n) is 9.99. The van der Waals surface area contributed by atoms with Crippen LogP contribution in [0.3, 0.4) is 0 Å². The van der Waals surface area contributed by atoms with Gasteiger partial charge in [0, 0.05) is 35.7 Å². The van der Waals surface area contributed by atoms with E-state index in [1.165, 1.54) is 0 Å². The number of halogens is 1. The summed E-state index contributed by atoms with van der Waals surface area (Å²) in [6.07, 6.45) is 1.81. The maximum atomic E-state index is 13.1. The zero-order chi connectivity index (χ0) is 21.3. The lowest BCUT2D eigenvalue weighted by Gasteiger charge is -2.37. The predicted molar refractivity (Wildman–Crippen MR) is 119 cm³/mol. The molecule has 30 heavy (non-hydrogen) atoms. The van der Waals surface area contributed by atoms with Gasteiger partial charge < -0.3 is 14.8 Å². The highest BCUT2D eigenvalue weighted by Gasteiger charge is 2.32. The van der Waals surface area contributed by atoms with Gasteiger partial charge in [0.25, 0.3) is 0 Å². The van der Waals surface area contributed by atoms with Gasteiger partial charge in [-0.25, -0.2) is 0 Å². The largest absolute Gasteiger partial charge is 0.348 e. The Balaban J connectivity index is 1.54. The van der Waals surface area contributed by atoms with Crippen molar-refractivity contribution in [1.29, 1.82) is 0 Å². The SMILES string of the molecule is Cc1ccc(NC(=O)CC(=O)N2CCn3cccc3[C@@H]2c2cccc(Cl)c2)cc1C. The summed E-state index contributed by atoms with van der Waals surface area (Å²) in [5, 5.41) is 3.47. The fourth-order valence-electron chi connectivity index (χ4n) is 3.94. The van der Waals surface area contributed by atoms with E-state index >= 15 is 0 Å². The van der Waals surface area contributed by atoms with Crippen molar-refractivity contribution < 1.29 is 9.59 Å². The van der Waals surface area contributed by atoms with E-state index < -0.39 is 0 Å². The molecule has 0 radical (unpaired) electrons. The average molecular weight is 422 g/mol. The molecule has 1 aliphatic rings. The van der Waals surface area contributed by atoms with E-state index in [0.717, 1.165) is 22.4 Å². The molecule has 2 amide bonds. The number of hydrogen-bond donors (Lipinski definition) is 1. The Kier molecular flexibility index (Phi) is 5.64. The van der Waals surface area contributed by atoms with Gasteiger partial charge in [-0.3, -0.25) is 9.59 Å². The number of benzene rings is 2. The van der Waals surface area contributed by atoms with E-state index in [2.05, 4.69) is 9.88 Å². The van der Waals surface area contributed by atoms with Gasteiger partial charge in [0.05, 0.1) is 6.04 Å². The number of nitrogens with zero attached hydrogens (tertiary/aromatic N) is 2. The highest BCUT2D eigenvalue weighted by molar-refractivity contribution is 6.30. The van der Waals surface area contributed by atoms with Crippen LogP contribution in [-0.4, -0.2) is 27.8 Å². The molecule has 0 saturated heterocycles. The number of nitrogens with one attached hydrogen (secondary N) is 1. The molecule has 3 aromatic rings. The average Bonchev–Trinajstić information content (AvgIpc) is 3.18. The molecule has 0 spiro atoms. The van der Waals surface area contributed by atoms with Crippen LogP contribution in [0.4, 0.5) is 5.69 Å². The van der Waals surface area contributed by atoms with Crippen molar-refractivity contribution in [2.24, 2.45) is 0 Å². The van der Waals surface area contributed by atoms with E-state index in [1.54, 1.807) is 4.90 Å². The van der Waals surface area contributed by atoms with Gasteiger partial charge in [0.1, 0.15) is 6.42 Å². The third-order valence-corrected chi connectivity index (χ3v) is 5.86. The fraction of sp³-hybridized carbons (Fsp3) is 0.250. The first-order chi connectivity index (χ1) is 14.4. The Hall–Kier alpha value is -3.05. The Morgan fingerprint density at radius 2 is 1.87 bits per heavy atom. The number of aryl methyl sites for hydroxylation is 2. The fourth-order valence-corrected chi connectivity index (χ4v) is 4.14. The molecule has 0 unspecified atom stereocenters. The van der Waals surface area contributed by atoms with Gasteiger partial charge >= 0.3 is 0 Å². The van der Waals surface area contributed by atoms with E-state index in [9.17, 15) is 9.59 Å². The van der Waals surface area contributed by atoms with Crippen molar-refractivity contribution >= 4 is 29.1 Å². The van der Waals surface area contributed by atoms with Gasteiger partial charge in [-0.2, -0.15) is 0 Å². The quantitative estimate of drug-likeness (QED) is 0.620. The van der Waals surface area contributed by atoms with Crippen LogP contribution in [0.1, 0.15) is 34.8 Å². The van der Waals surface area contributed by atoms with Gasteiger partial charge in [-0.15, -0.1) is 0 Å². The van der Waals surface area contributed by atoms with Crippen LogP contribution in [0.5, 0.6) is 0 Å². The molecule has 1 atom stereocenters. The van der Waals surface area contributed by atoms with Crippen molar-refractivity contribution in [3.8, 4) is 0 Å². The molecule has 0 saturated carbocycles. The summed E-state index contributed by atoms with van der Waals surface area (Å²) < 4.78 is 2.14. The van der Waals surface area contributed by atoms with E-state index in [-0.39, 0.29) is 24.3 Å². The molecule has 1 aliphatic heterocycles. The van der Waals surface area contributed by atoms with Crippen molar-refractivity contribution in [1.82, 2.24) is 9.47 Å². The van der Waals surface area contributed by atoms with E-state index in [1.807, 2.05) is 74.6 Å². The minimum absolute atomic E-state index is 0.200. The van der Waals surface area contributed by atoms with Crippen molar-refractivity contribution in [2.45, 2.75) is 32.9 Å². The minimum atomic E-state index is -0.311. The Labute approximate surface area is 181 Å². The first-order valence-corrected chi connectivity index (χ1v) is 10.4. The lowest BCUT2D eigenvalue weighted by molar-refractivity contribution is -0.136. The van der Waals surface area contributed by atoms with E-state index in [0.29, 0.717) is 23.8 Å². The third kappa shape index (κ3) is 4.12.